The third-order valence-corrected chi connectivity index (χ3v) is 5.01. The predicted octanol–water partition coefficient (Wildman–Crippen LogP) is 3.43. The van der Waals surface area contributed by atoms with Crippen molar-refractivity contribution < 1.29 is 14.0 Å². The van der Waals surface area contributed by atoms with Crippen LogP contribution in [0.25, 0.3) is 0 Å². The van der Waals surface area contributed by atoms with Crippen LogP contribution < -0.4 is 5.32 Å². The summed E-state index contributed by atoms with van der Waals surface area (Å²) in [6, 6.07) is 16.0. The summed E-state index contributed by atoms with van der Waals surface area (Å²) in [5.41, 5.74) is 1.63. The molecule has 0 radical (unpaired) electrons. The van der Waals surface area contributed by atoms with E-state index in [1.165, 1.54) is 23.8 Å². The number of carbonyl (C=O) groups excluding carboxylic acids is 2. The number of halogens is 1. The Hall–Kier alpha value is -2.69. The van der Waals surface area contributed by atoms with Gasteiger partial charge in [0.2, 0.25) is 5.91 Å². The molecule has 0 unspecified atom stereocenters. The van der Waals surface area contributed by atoms with Gasteiger partial charge in [0, 0.05) is 31.1 Å². The Bertz CT molecular complexity index is 771. The van der Waals surface area contributed by atoms with Gasteiger partial charge in [-0.1, -0.05) is 36.4 Å². The number of hydrogen-bond donors (Lipinski definition) is 1. The molecule has 4 nitrogen and oxygen atoms in total. The minimum Gasteiger partial charge on any atom is -0.356 e. The quantitative estimate of drug-likeness (QED) is 0.794. The Kier molecular flexibility index (Phi) is 6.58. The van der Waals surface area contributed by atoms with E-state index >= 15 is 0 Å². The van der Waals surface area contributed by atoms with Crippen molar-refractivity contribution in [2.45, 2.75) is 25.7 Å². The molecule has 2 aromatic rings. The SMILES string of the molecule is O=C(NCCCc1ccccc1)C1CCN(C(=O)c2cccc(F)c2)CC1. The number of nitrogens with one attached hydrogen (secondary N) is 1. The minimum atomic E-state index is -0.411. The maximum absolute atomic E-state index is 13.3. The maximum atomic E-state index is 13.3. The van der Waals surface area contributed by atoms with Crippen LogP contribution in [0, 0.1) is 11.7 Å². The Morgan fingerprint density at radius 3 is 2.48 bits per heavy atom. The summed E-state index contributed by atoms with van der Waals surface area (Å²) in [5, 5.41) is 3.01. The van der Waals surface area contributed by atoms with E-state index in [1.807, 2.05) is 18.2 Å². The van der Waals surface area contributed by atoms with Crippen molar-refractivity contribution >= 4 is 11.8 Å². The predicted molar refractivity (Wildman–Crippen MR) is 103 cm³/mol. The molecule has 0 aromatic heterocycles. The van der Waals surface area contributed by atoms with Gasteiger partial charge in [-0.2, -0.15) is 0 Å². The van der Waals surface area contributed by atoms with Gasteiger partial charge in [-0.25, -0.2) is 4.39 Å². The van der Waals surface area contributed by atoms with E-state index in [9.17, 15) is 14.0 Å². The lowest BCUT2D eigenvalue weighted by Gasteiger charge is -2.31. The van der Waals surface area contributed by atoms with Gasteiger partial charge in [-0.15, -0.1) is 0 Å². The van der Waals surface area contributed by atoms with Crippen LogP contribution in [0.4, 0.5) is 4.39 Å². The monoisotopic (exact) mass is 368 g/mol. The number of likely N-dealkylation sites (tertiary alicyclic amines) is 1. The van der Waals surface area contributed by atoms with Crippen LogP contribution in [0.2, 0.25) is 0 Å². The molecule has 0 spiro atoms. The number of aryl methyl sites for hydroxylation is 1. The van der Waals surface area contributed by atoms with E-state index < -0.39 is 5.82 Å². The molecule has 1 aliphatic heterocycles. The van der Waals surface area contributed by atoms with Crippen LogP contribution in [0.3, 0.4) is 0 Å². The number of benzene rings is 2. The van der Waals surface area contributed by atoms with Crippen molar-refractivity contribution in [2.24, 2.45) is 5.92 Å². The second kappa shape index (κ2) is 9.31. The molecule has 1 heterocycles. The zero-order valence-electron chi connectivity index (χ0n) is 15.4. The number of hydrogen-bond acceptors (Lipinski definition) is 2. The van der Waals surface area contributed by atoms with Gasteiger partial charge in [-0.3, -0.25) is 9.59 Å². The lowest BCUT2D eigenvalue weighted by molar-refractivity contribution is -0.126. The molecule has 5 heteroatoms. The van der Waals surface area contributed by atoms with Crippen LogP contribution in [-0.4, -0.2) is 36.3 Å². The highest BCUT2D eigenvalue weighted by Gasteiger charge is 2.27. The molecule has 27 heavy (non-hydrogen) atoms. The average Bonchev–Trinajstić information content (AvgIpc) is 2.71. The van der Waals surface area contributed by atoms with Gasteiger partial charge >= 0.3 is 0 Å². The number of nitrogens with zero attached hydrogens (tertiary/aromatic N) is 1. The summed E-state index contributed by atoms with van der Waals surface area (Å²) in [6.45, 7) is 1.71. The van der Waals surface area contributed by atoms with E-state index in [0.29, 0.717) is 38.0 Å². The first kappa shape index (κ1) is 19.1. The first-order valence-corrected chi connectivity index (χ1v) is 9.50. The molecular formula is C22H25FN2O2. The fourth-order valence-electron chi connectivity index (χ4n) is 3.44. The summed E-state index contributed by atoms with van der Waals surface area (Å²) in [4.78, 5) is 26.5. The van der Waals surface area contributed by atoms with E-state index in [0.717, 1.165) is 12.8 Å². The molecule has 2 amide bonds. The largest absolute Gasteiger partial charge is 0.356 e. The lowest BCUT2D eigenvalue weighted by Crippen LogP contribution is -2.43. The fraction of sp³-hybridized carbons (Fsp3) is 0.364. The van der Waals surface area contributed by atoms with Crippen molar-refractivity contribution in [3.8, 4) is 0 Å². The number of piperidine rings is 1. The molecule has 2 aromatic carbocycles. The number of rotatable bonds is 6. The van der Waals surface area contributed by atoms with Crippen molar-refractivity contribution in [1.82, 2.24) is 10.2 Å². The fourth-order valence-corrected chi connectivity index (χ4v) is 3.44. The summed E-state index contributed by atoms with van der Waals surface area (Å²) in [6.07, 6.45) is 3.14. The second-order valence-electron chi connectivity index (χ2n) is 6.96. The molecule has 1 fully saturated rings. The van der Waals surface area contributed by atoms with Crippen molar-refractivity contribution in [2.75, 3.05) is 19.6 Å². The highest BCUT2D eigenvalue weighted by atomic mass is 19.1. The molecule has 3 rings (SSSR count). The van der Waals surface area contributed by atoms with Gasteiger partial charge in [0.1, 0.15) is 5.82 Å². The van der Waals surface area contributed by atoms with Gasteiger partial charge in [0.05, 0.1) is 0 Å². The molecule has 142 valence electrons. The standard InChI is InChI=1S/C22H25FN2O2/c23-20-10-4-9-19(16-20)22(27)25-14-11-18(12-15-25)21(26)24-13-5-8-17-6-2-1-3-7-17/h1-4,6-7,9-10,16,18H,5,8,11-15H2,(H,24,26). The Labute approximate surface area is 159 Å². The summed E-state index contributed by atoms with van der Waals surface area (Å²) >= 11 is 0. The zero-order chi connectivity index (χ0) is 19.1. The van der Waals surface area contributed by atoms with Crippen molar-refractivity contribution in [3.05, 3.63) is 71.5 Å². The molecular weight excluding hydrogens is 343 g/mol. The second-order valence-corrected chi connectivity index (χ2v) is 6.96. The van der Waals surface area contributed by atoms with Crippen molar-refractivity contribution in [3.63, 3.8) is 0 Å². The van der Waals surface area contributed by atoms with Gasteiger partial charge in [-0.05, 0) is 49.4 Å². The Morgan fingerprint density at radius 1 is 1.04 bits per heavy atom. The zero-order valence-corrected chi connectivity index (χ0v) is 15.4. The van der Waals surface area contributed by atoms with Crippen molar-refractivity contribution in [1.29, 1.82) is 0 Å². The van der Waals surface area contributed by atoms with Crippen LogP contribution in [0.5, 0.6) is 0 Å². The summed E-state index contributed by atoms with van der Waals surface area (Å²) in [5.74, 6) is -0.568. The molecule has 0 aliphatic carbocycles. The maximum Gasteiger partial charge on any atom is 0.253 e. The highest BCUT2D eigenvalue weighted by Crippen LogP contribution is 2.19. The average molecular weight is 368 g/mol. The normalized spacial score (nSPS) is 14.8. The number of amides is 2. The molecule has 0 saturated carbocycles. The molecule has 0 atom stereocenters. The lowest BCUT2D eigenvalue weighted by atomic mass is 9.95. The van der Waals surface area contributed by atoms with Crippen LogP contribution in [0.15, 0.2) is 54.6 Å². The molecule has 0 bridgehead atoms. The van der Waals surface area contributed by atoms with E-state index in [1.54, 1.807) is 11.0 Å². The van der Waals surface area contributed by atoms with Crippen LogP contribution in [-0.2, 0) is 11.2 Å². The van der Waals surface area contributed by atoms with Crippen LogP contribution in [0.1, 0.15) is 35.2 Å². The van der Waals surface area contributed by atoms with E-state index in [-0.39, 0.29) is 17.7 Å². The molecule has 1 N–H and O–H groups in total. The van der Waals surface area contributed by atoms with E-state index in [4.69, 9.17) is 0 Å². The Balaban J connectivity index is 1.39. The third kappa shape index (κ3) is 5.39. The number of carbonyl (C=O) groups is 2. The van der Waals surface area contributed by atoms with Gasteiger partial charge < -0.3 is 10.2 Å². The smallest absolute Gasteiger partial charge is 0.253 e. The molecule has 1 aliphatic rings. The van der Waals surface area contributed by atoms with Gasteiger partial charge in [0.25, 0.3) is 5.91 Å². The third-order valence-electron chi connectivity index (χ3n) is 5.01. The molecule has 1 saturated heterocycles. The first-order chi connectivity index (χ1) is 13.1. The van der Waals surface area contributed by atoms with Crippen LogP contribution >= 0.6 is 0 Å². The topological polar surface area (TPSA) is 49.4 Å². The first-order valence-electron chi connectivity index (χ1n) is 9.50. The highest BCUT2D eigenvalue weighted by molar-refractivity contribution is 5.94. The minimum absolute atomic E-state index is 0.0571. The van der Waals surface area contributed by atoms with Gasteiger partial charge in [0.15, 0.2) is 0 Å². The Morgan fingerprint density at radius 2 is 1.78 bits per heavy atom. The van der Waals surface area contributed by atoms with E-state index in [2.05, 4.69) is 17.4 Å². The summed E-state index contributed by atoms with van der Waals surface area (Å²) < 4.78 is 13.3. The summed E-state index contributed by atoms with van der Waals surface area (Å²) in [7, 11) is 0.